The predicted octanol–water partition coefficient (Wildman–Crippen LogP) is 3.94. The number of rotatable bonds is 7. The van der Waals surface area contributed by atoms with Gasteiger partial charge >= 0.3 is 0 Å². The molecule has 24 heavy (non-hydrogen) atoms. The number of anilines is 1. The lowest BCUT2D eigenvalue weighted by molar-refractivity contribution is -0.116. The van der Waals surface area contributed by atoms with E-state index in [0.29, 0.717) is 29.3 Å². The van der Waals surface area contributed by atoms with E-state index in [0.717, 1.165) is 17.1 Å². The molecule has 0 saturated heterocycles. The molecule has 128 valence electrons. The Morgan fingerprint density at radius 2 is 1.71 bits per heavy atom. The van der Waals surface area contributed by atoms with Gasteiger partial charge in [0.2, 0.25) is 5.91 Å². The summed E-state index contributed by atoms with van der Waals surface area (Å²) in [6.45, 7) is 0. The van der Waals surface area contributed by atoms with Crippen LogP contribution < -0.4 is 19.5 Å². The first-order valence-electron chi connectivity index (χ1n) is 7.41. The third kappa shape index (κ3) is 4.55. The zero-order valence-electron chi connectivity index (χ0n) is 13.9. The highest BCUT2D eigenvalue weighted by atomic mass is 35.5. The van der Waals surface area contributed by atoms with Crippen LogP contribution in [-0.4, -0.2) is 27.2 Å². The summed E-state index contributed by atoms with van der Waals surface area (Å²) in [7, 11) is 4.74. The number of methoxy groups -OCH3 is 3. The molecule has 0 fully saturated rings. The van der Waals surface area contributed by atoms with Crippen molar-refractivity contribution in [3.05, 3.63) is 47.0 Å². The fourth-order valence-corrected chi connectivity index (χ4v) is 2.49. The van der Waals surface area contributed by atoms with Gasteiger partial charge in [0.15, 0.2) is 0 Å². The van der Waals surface area contributed by atoms with Crippen molar-refractivity contribution in [1.29, 1.82) is 0 Å². The van der Waals surface area contributed by atoms with Crippen molar-refractivity contribution in [3.63, 3.8) is 0 Å². The predicted molar refractivity (Wildman–Crippen MR) is 94.5 cm³/mol. The molecule has 2 aromatic carbocycles. The highest BCUT2D eigenvalue weighted by Crippen LogP contribution is 2.28. The van der Waals surface area contributed by atoms with Crippen molar-refractivity contribution in [1.82, 2.24) is 0 Å². The molecule has 6 heteroatoms. The lowest BCUT2D eigenvalue weighted by atomic mass is 10.1. The minimum atomic E-state index is -0.138. The second-order valence-corrected chi connectivity index (χ2v) is 5.51. The molecule has 0 aromatic heterocycles. The molecular formula is C18H20ClNO4. The van der Waals surface area contributed by atoms with E-state index in [1.807, 2.05) is 18.2 Å². The fraction of sp³-hybridized carbons (Fsp3) is 0.278. The van der Waals surface area contributed by atoms with E-state index in [-0.39, 0.29) is 5.91 Å². The van der Waals surface area contributed by atoms with Crippen LogP contribution in [0.4, 0.5) is 5.69 Å². The molecule has 0 bridgehead atoms. The fourth-order valence-electron chi connectivity index (χ4n) is 2.32. The average Bonchev–Trinajstić information content (AvgIpc) is 2.59. The van der Waals surface area contributed by atoms with Gasteiger partial charge in [-0.3, -0.25) is 4.79 Å². The zero-order valence-corrected chi connectivity index (χ0v) is 14.6. The first kappa shape index (κ1) is 17.9. The van der Waals surface area contributed by atoms with Crippen LogP contribution in [-0.2, 0) is 11.2 Å². The molecule has 0 saturated carbocycles. The van der Waals surface area contributed by atoms with Crippen LogP contribution in [0.15, 0.2) is 36.4 Å². The normalized spacial score (nSPS) is 10.2. The Hall–Kier alpha value is -2.40. The van der Waals surface area contributed by atoms with Crippen LogP contribution in [0.3, 0.4) is 0 Å². The van der Waals surface area contributed by atoms with Gasteiger partial charge in [-0.1, -0.05) is 11.6 Å². The van der Waals surface area contributed by atoms with Crippen molar-refractivity contribution in [2.45, 2.75) is 12.8 Å². The van der Waals surface area contributed by atoms with Crippen LogP contribution in [0.25, 0.3) is 0 Å². The molecule has 2 aromatic rings. The number of carbonyl (C=O) groups excluding carboxylic acids is 1. The van der Waals surface area contributed by atoms with Gasteiger partial charge in [-0.2, -0.15) is 0 Å². The summed E-state index contributed by atoms with van der Waals surface area (Å²) in [4.78, 5) is 12.2. The number of halogens is 1. The van der Waals surface area contributed by atoms with Crippen LogP contribution in [0, 0.1) is 0 Å². The van der Waals surface area contributed by atoms with Crippen LogP contribution in [0.5, 0.6) is 17.2 Å². The maximum absolute atomic E-state index is 12.2. The van der Waals surface area contributed by atoms with Crippen molar-refractivity contribution < 1.29 is 19.0 Å². The standard InChI is InChI=1S/C18H20ClNO4/c1-22-14-6-8-16(23-2)12(10-14)4-9-18(21)20-15-11-13(19)5-7-17(15)24-3/h5-8,10-11H,4,9H2,1-3H3,(H,20,21). The molecule has 0 unspecified atom stereocenters. The first-order valence-corrected chi connectivity index (χ1v) is 7.79. The largest absolute Gasteiger partial charge is 0.497 e. The molecular weight excluding hydrogens is 330 g/mol. The monoisotopic (exact) mass is 349 g/mol. The topological polar surface area (TPSA) is 56.8 Å². The third-order valence-corrected chi connectivity index (χ3v) is 3.78. The van der Waals surface area contributed by atoms with Crippen molar-refractivity contribution in [2.24, 2.45) is 0 Å². The molecule has 1 N–H and O–H groups in total. The molecule has 0 aliphatic rings. The third-order valence-electron chi connectivity index (χ3n) is 3.54. The first-order chi connectivity index (χ1) is 11.6. The van der Waals surface area contributed by atoms with E-state index < -0.39 is 0 Å². The Labute approximate surface area is 146 Å². The number of aryl methyl sites for hydroxylation is 1. The maximum Gasteiger partial charge on any atom is 0.224 e. The number of amides is 1. The Balaban J connectivity index is 2.05. The SMILES string of the molecule is COc1ccc(OC)c(CCC(=O)Nc2cc(Cl)ccc2OC)c1. The van der Waals surface area contributed by atoms with Gasteiger partial charge in [0.05, 0.1) is 27.0 Å². The number of hydrogen-bond donors (Lipinski definition) is 1. The number of carbonyl (C=O) groups is 1. The van der Waals surface area contributed by atoms with Crippen molar-refractivity contribution in [2.75, 3.05) is 26.6 Å². The molecule has 0 aliphatic heterocycles. The lowest BCUT2D eigenvalue weighted by Crippen LogP contribution is -2.13. The highest BCUT2D eigenvalue weighted by Gasteiger charge is 2.11. The Morgan fingerprint density at radius 1 is 1.00 bits per heavy atom. The van der Waals surface area contributed by atoms with Crippen molar-refractivity contribution >= 4 is 23.2 Å². The molecule has 0 aliphatic carbocycles. The average molecular weight is 350 g/mol. The smallest absolute Gasteiger partial charge is 0.224 e. The summed E-state index contributed by atoms with van der Waals surface area (Å²) in [5.41, 5.74) is 1.46. The molecule has 0 heterocycles. The van der Waals surface area contributed by atoms with E-state index in [4.69, 9.17) is 25.8 Å². The molecule has 1 amide bonds. The molecule has 0 atom stereocenters. The molecule has 5 nitrogen and oxygen atoms in total. The zero-order chi connectivity index (χ0) is 17.5. The summed E-state index contributed by atoms with van der Waals surface area (Å²) in [6, 6.07) is 10.6. The summed E-state index contributed by atoms with van der Waals surface area (Å²) in [5, 5.41) is 3.35. The van der Waals surface area contributed by atoms with E-state index >= 15 is 0 Å². The Morgan fingerprint density at radius 3 is 2.38 bits per heavy atom. The Bertz CT molecular complexity index is 718. The van der Waals surface area contributed by atoms with Gasteiger partial charge in [-0.25, -0.2) is 0 Å². The van der Waals surface area contributed by atoms with E-state index in [1.54, 1.807) is 39.5 Å². The number of benzene rings is 2. The van der Waals surface area contributed by atoms with Crippen molar-refractivity contribution in [3.8, 4) is 17.2 Å². The second kappa shape index (κ2) is 8.45. The van der Waals surface area contributed by atoms with Gasteiger partial charge < -0.3 is 19.5 Å². The summed E-state index contributed by atoms with van der Waals surface area (Å²) in [6.07, 6.45) is 0.814. The summed E-state index contributed by atoms with van der Waals surface area (Å²) in [5.74, 6) is 1.87. The number of nitrogens with one attached hydrogen (secondary N) is 1. The van der Waals surface area contributed by atoms with Crippen LogP contribution in [0.1, 0.15) is 12.0 Å². The van der Waals surface area contributed by atoms with Gasteiger partial charge in [0, 0.05) is 11.4 Å². The van der Waals surface area contributed by atoms with Gasteiger partial charge in [0.25, 0.3) is 0 Å². The van der Waals surface area contributed by atoms with E-state index in [9.17, 15) is 4.79 Å². The minimum absolute atomic E-state index is 0.138. The number of hydrogen-bond acceptors (Lipinski definition) is 4. The molecule has 0 spiro atoms. The quantitative estimate of drug-likeness (QED) is 0.822. The van der Waals surface area contributed by atoms with Crippen LogP contribution >= 0.6 is 11.6 Å². The maximum atomic E-state index is 12.2. The van der Waals surface area contributed by atoms with Gasteiger partial charge in [-0.05, 0) is 48.4 Å². The van der Waals surface area contributed by atoms with Gasteiger partial charge in [0.1, 0.15) is 17.2 Å². The summed E-state index contributed by atoms with van der Waals surface area (Å²) < 4.78 is 15.8. The lowest BCUT2D eigenvalue weighted by Gasteiger charge is -2.12. The van der Waals surface area contributed by atoms with Gasteiger partial charge in [-0.15, -0.1) is 0 Å². The molecule has 2 rings (SSSR count). The van der Waals surface area contributed by atoms with Crippen LogP contribution in [0.2, 0.25) is 5.02 Å². The number of ether oxygens (including phenoxy) is 3. The second-order valence-electron chi connectivity index (χ2n) is 5.07. The van der Waals surface area contributed by atoms with E-state index in [1.165, 1.54) is 0 Å². The Kier molecular flexibility index (Phi) is 6.32. The van der Waals surface area contributed by atoms with E-state index in [2.05, 4.69) is 5.32 Å². The minimum Gasteiger partial charge on any atom is -0.497 e. The molecule has 0 radical (unpaired) electrons. The highest BCUT2D eigenvalue weighted by molar-refractivity contribution is 6.31. The summed E-state index contributed by atoms with van der Waals surface area (Å²) >= 11 is 5.97.